The zero-order chi connectivity index (χ0) is 25.4. The van der Waals surface area contributed by atoms with Crippen LogP contribution >= 0.6 is 0 Å². The Morgan fingerprint density at radius 2 is 1.89 bits per heavy atom. The number of benzene rings is 1. The fourth-order valence-corrected chi connectivity index (χ4v) is 5.44. The molecular weight excluding hydrogens is 472 g/mol. The first-order valence-electron chi connectivity index (χ1n) is 12.4. The van der Waals surface area contributed by atoms with Gasteiger partial charge < -0.3 is 10.6 Å². The van der Waals surface area contributed by atoms with Crippen molar-refractivity contribution < 1.29 is 17.2 Å². The molecule has 1 atom stereocenters. The molecule has 2 fully saturated rings. The van der Waals surface area contributed by atoms with Crippen LogP contribution in [0.15, 0.2) is 41.7 Å². The van der Waals surface area contributed by atoms with E-state index in [1.165, 1.54) is 31.4 Å². The van der Waals surface area contributed by atoms with Crippen LogP contribution in [0.25, 0.3) is 0 Å². The highest BCUT2D eigenvalue weighted by Crippen LogP contribution is 2.22. The summed E-state index contributed by atoms with van der Waals surface area (Å²) in [5.74, 6) is -1.51. The van der Waals surface area contributed by atoms with Gasteiger partial charge in [0.2, 0.25) is 10.0 Å². The summed E-state index contributed by atoms with van der Waals surface area (Å²) in [7, 11) is -3.15. The molecular formula is C25H39F2N5O2S. The van der Waals surface area contributed by atoms with Crippen molar-refractivity contribution in [3.05, 3.63) is 58.9 Å². The second kappa shape index (κ2) is 12.8. The minimum atomic E-state index is -3.15. The van der Waals surface area contributed by atoms with Gasteiger partial charge >= 0.3 is 0 Å². The number of dihydropyridines is 1. The van der Waals surface area contributed by atoms with E-state index in [0.717, 1.165) is 56.7 Å². The molecule has 0 aromatic heterocycles. The zero-order valence-corrected chi connectivity index (χ0v) is 21.8. The van der Waals surface area contributed by atoms with Crippen LogP contribution in [0.2, 0.25) is 0 Å². The van der Waals surface area contributed by atoms with Crippen LogP contribution in [0, 0.1) is 11.6 Å². The van der Waals surface area contributed by atoms with Crippen molar-refractivity contribution in [2.75, 3.05) is 45.5 Å². The van der Waals surface area contributed by atoms with Gasteiger partial charge in [-0.05, 0) is 63.0 Å². The largest absolute Gasteiger partial charge is 0.385 e. The van der Waals surface area contributed by atoms with Crippen molar-refractivity contribution >= 4 is 10.0 Å². The van der Waals surface area contributed by atoms with Crippen LogP contribution < -0.4 is 15.4 Å². The molecule has 0 aliphatic carbocycles. The van der Waals surface area contributed by atoms with E-state index in [0.29, 0.717) is 24.3 Å². The van der Waals surface area contributed by atoms with E-state index in [-0.39, 0.29) is 0 Å². The van der Waals surface area contributed by atoms with E-state index in [1.54, 1.807) is 18.3 Å². The fraction of sp³-hybridized carbons (Fsp3) is 0.600. The fourth-order valence-electron chi connectivity index (χ4n) is 4.89. The molecule has 3 aliphatic heterocycles. The Hall–Kier alpha value is -2.01. The van der Waals surface area contributed by atoms with Crippen LogP contribution in [0.3, 0.4) is 0 Å². The van der Waals surface area contributed by atoms with Gasteiger partial charge in [-0.25, -0.2) is 17.2 Å². The first kappa shape index (κ1) is 27.6. The molecule has 3 N–H and O–H groups in total. The summed E-state index contributed by atoms with van der Waals surface area (Å²) in [5.41, 5.74) is 2.54. The van der Waals surface area contributed by atoms with Crippen molar-refractivity contribution in [3.8, 4) is 0 Å². The molecule has 4 rings (SSSR count). The van der Waals surface area contributed by atoms with E-state index < -0.39 is 21.7 Å². The average Bonchev–Trinajstić information content (AvgIpc) is 2.81. The molecule has 0 spiro atoms. The van der Waals surface area contributed by atoms with E-state index in [9.17, 15) is 17.2 Å². The summed E-state index contributed by atoms with van der Waals surface area (Å²) < 4.78 is 50.3. The number of piperazine rings is 1. The summed E-state index contributed by atoms with van der Waals surface area (Å²) in [4.78, 5) is 5.04. The number of allylic oxidation sites excluding steroid dienone is 1. The molecule has 1 aromatic rings. The van der Waals surface area contributed by atoms with Crippen molar-refractivity contribution in [3.63, 3.8) is 0 Å². The quantitative estimate of drug-likeness (QED) is 0.545. The SMILES string of the molecule is CC1=CC(NS(C)(=O)=O)=CNC1.CCC1CNCCN1C1CCN(Cc2ccc(F)c(F)c2)CC1. The lowest BCUT2D eigenvalue weighted by atomic mass is 9.98. The standard InChI is InChI=1S/C18H27F2N3.C7H12N2O2S/c1-2-15-12-21-7-10-23(15)16-5-8-22(9-6-16)13-14-3-4-17(19)18(20)11-14;1-6-3-7(5-8-4-6)9-12(2,10)11/h3-4,11,15-16,21H,2,5-10,12-13H2,1H3;3,5,8-9H,4H2,1-2H3. The molecule has 0 amide bonds. The number of halogens is 2. The minimum Gasteiger partial charge on any atom is -0.385 e. The summed E-state index contributed by atoms with van der Waals surface area (Å²) in [5, 5.41) is 6.44. The number of hydrogen-bond acceptors (Lipinski definition) is 6. The second-order valence-corrected chi connectivity index (χ2v) is 11.4. The number of hydrogen-bond donors (Lipinski definition) is 3. The summed E-state index contributed by atoms with van der Waals surface area (Å²) >= 11 is 0. The lowest BCUT2D eigenvalue weighted by Crippen LogP contribution is -2.57. The monoisotopic (exact) mass is 511 g/mol. The molecule has 2 saturated heterocycles. The Bertz CT molecular complexity index is 1010. The van der Waals surface area contributed by atoms with E-state index in [1.807, 2.05) is 6.92 Å². The normalized spacial score (nSPS) is 22.4. The van der Waals surface area contributed by atoms with E-state index in [4.69, 9.17) is 0 Å². The average molecular weight is 512 g/mol. The Labute approximate surface area is 208 Å². The number of nitrogens with one attached hydrogen (secondary N) is 3. The zero-order valence-electron chi connectivity index (χ0n) is 21.0. The van der Waals surface area contributed by atoms with Gasteiger partial charge in [0, 0.05) is 51.0 Å². The topological polar surface area (TPSA) is 76.7 Å². The number of sulfonamides is 1. The first-order valence-corrected chi connectivity index (χ1v) is 14.2. The predicted molar refractivity (Wildman–Crippen MR) is 136 cm³/mol. The van der Waals surface area contributed by atoms with Gasteiger partial charge in [-0.1, -0.05) is 18.6 Å². The van der Waals surface area contributed by atoms with E-state index >= 15 is 0 Å². The number of piperidine rings is 1. The van der Waals surface area contributed by atoms with Crippen LogP contribution in [0.4, 0.5) is 8.78 Å². The van der Waals surface area contributed by atoms with Crippen LogP contribution in [-0.4, -0.2) is 75.8 Å². The highest BCUT2D eigenvalue weighted by Gasteiger charge is 2.30. The molecule has 0 saturated carbocycles. The molecule has 35 heavy (non-hydrogen) atoms. The lowest BCUT2D eigenvalue weighted by molar-refractivity contribution is 0.0543. The lowest BCUT2D eigenvalue weighted by Gasteiger charge is -2.44. The van der Waals surface area contributed by atoms with Gasteiger partial charge in [0.25, 0.3) is 0 Å². The summed E-state index contributed by atoms with van der Waals surface area (Å²) in [6.07, 6.45) is 8.11. The van der Waals surface area contributed by atoms with Gasteiger partial charge in [0.05, 0.1) is 12.0 Å². The van der Waals surface area contributed by atoms with Crippen molar-refractivity contribution in [1.29, 1.82) is 0 Å². The number of rotatable bonds is 6. The molecule has 10 heteroatoms. The van der Waals surface area contributed by atoms with Crippen molar-refractivity contribution in [2.45, 2.75) is 51.7 Å². The summed E-state index contributed by atoms with van der Waals surface area (Å²) in [6.45, 7) is 11.1. The van der Waals surface area contributed by atoms with Crippen LogP contribution in [0.5, 0.6) is 0 Å². The van der Waals surface area contributed by atoms with Crippen LogP contribution in [0.1, 0.15) is 38.7 Å². The number of nitrogens with zero attached hydrogens (tertiary/aromatic N) is 2. The molecule has 1 aromatic carbocycles. The van der Waals surface area contributed by atoms with E-state index in [2.05, 4.69) is 32.1 Å². The molecule has 196 valence electrons. The van der Waals surface area contributed by atoms with Gasteiger partial charge in [-0.3, -0.25) is 14.5 Å². The predicted octanol–water partition coefficient (Wildman–Crippen LogP) is 2.54. The smallest absolute Gasteiger partial charge is 0.229 e. The Morgan fingerprint density at radius 3 is 2.51 bits per heavy atom. The second-order valence-electron chi connectivity index (χ2n) is 9.61. The number of likely N-dealkylation sites (tertiary alicyclic amines) is 1. The molecule has 3 aliphatic rings. The van der Waals surface area contributed by atoms with Gasteiger partial charge in [-0.15, -0.1) is 0 Å². The molecule has 0 radical (unpaired) electrons. The third kappa shape index (κ3) is 8.86. The van der Waals surface area contributed by atoms with Crippen molar-refractivity contribution in [1.82, 2.24) is 25.2 Å². The van der Waals surface area contributed by atoms with Crippen molar-refractivity contribution in [2.24, 2.45) is 0 Å². The third-order valence-corrected chi connectivity index (χ3v) is 7.23. The minimum absolute atomic E-state index is 0.584. The van der Waals surface area contributed by atoms with Gasteiger partial charge in [0.1, 0.15) is 0 Å². The molecule has 1 unspecified atom stereocenters. The highest BCUT2D eigenvalue weighted by atomic mass is 32.2. The summed E-state index contributed by atoms with van der Waals surface area (Å²) in [6, 6.07) is 5.57. The Balaban J connectivity index is 0.000000241. The maximum atomic E-state index is 13.3. The van der Waals surface area contributed by atoms with Crippen LogP contribution in [-0.2, 0) is 16.6 Å². The third-order valence-electron chi connectivity index (χ3n) is 6.63. The Kier molecular flexibility index (Phi) is 10.1. The Morgan fingerprint density at radius 1 is 1.14 bits per heavy atom. The molecule has 0 bridgehead atoms. The maximum absolute atomic E-state index is 13.3. The molecule has 3 heterocycles. The first-order chi connectivity index (χ1) is 16.6. The highest BCUT2D eigenvalue weighted by molar-refractivity contribution is 7.88. The maximum Gasteiger partial charge on any atom is 0.229 e. The van der Waals surface area contributed by atoms with Gasteiger partial charge in [-0.2, -0.15) is 0 Å². The molecule has 7 nitrogen and oxygen atoms in total. The van der Waals surface area contributed by atoms with Gasteiger partial charge in [0.15, 0.2) is 11.6 Å².